The first-order valence-corrected chi connectivity index (χ1v) is 8.66. The van der Waals surface area contributed by atoms with Gasteiger partial charge in [-0.1, -0.05) is 43.3 Å². The van der Waals surface area contributed by atoms with E-state index in [1.165, 1.54) is 0 Å². The van der Waals surface area contributed by atoms with Gasteiger partial charge in [0.15, 0.2) is 6.29 Å². The van der Waals surface area contributed by atoms with Crippen molar-refractivity contribution >= 4 is 11.9 Å². The SMILES string of the molecule is CCC(COC(=O)c1ccccc1)OC(C)OC.O=C(O)c1ccccc1. The van der Waals surface area contributed by atoms with Crippen molar-refractivity contribution in [3.8, 4) is 0 Å². The van der Waals surface area contributed by atoms with Crippen molar-refractivity contribution in [2.45, 2.75) is 32.7 Å². The summed E-state index contributed by atoms with van der Waals surface area (Å²) in [6, 6.07) is 17.2. The number of rotatable bonds is 8. The molecule has 1 N–H and O–H groups in total. The van der Waals surface area contributed by atoms with Gasteiger partial charge in [0.05, 0.1) is 17.2 Å². The lowest BCUT2D eigenvalue weighted by Gasteiger charge is -2.20. The number of carbonyl (C=O) groups excluding carboxylic acids is 1. The zero-order chi connectivity index (χ0) is 20.1. The van der Waals surface area contributed by atoms with Crippen molar-refractivity contribution < 1.29 is 28.9 Å². The first-order chi connectivity index (χ1) is 13.0. The van der Waals surface area contributed by atoms with Crippen molar-refractivity contribution in [1.82, 2.24) is 0 Å². The Labute approximate surface area is 159 Å². The summed E-state index contributed by atoms with van der Waals surface area (Å²) in [6.45, 7) is 4.02. The topological polar surface area (TPSA) is 82.1 Å². The Morgan fingerprint density at radius 2 is 1.48 bits per heavy atom. The Bertz CT molecular complexity index is 672. The smallest absolute Gasteiger partial charge is 0.338 e. The van der Waals surface area contributed by atoms with Gasteiger partial charge >= 0.3 is 11.9 Å². The van der Waals surface area contributed by atoms with E-state index in [0.717, 1.165) is 6.42 Å². The van der Waals surface area contributed by atoms with Crippen molar-refractivity contribution in [2.24, 2.45) is 0 Å². The van der Waals surface area contributed by atoms with Gasteiger partial charge in [-0.3, -0.25) is 0 Å². The van der Waals surface area contributed by atoms with Crippen LogP contribution >= 0.6 is 0 Å². The predicted molar refractivity (Wildman–Crippen MR) is 102 cm³/mol. The number of methoxy groups -OCH3 is 1. The highest BCUT2D eigenvalue weighted by Crippen LogP contribution is 2.07. The molecule has 146 valence electrons. The standard InChI is InChI=1S/C14H20O4.C7H6O2/c1-4-13(18-11(2)16-3)10-17-14(15)12-8-6-5-7-9-12;8-7(9)6-4-2-1-3-5-6/h5-9,11,13H,4,10H2,1-3H3;1-5H,(H,8,9). The third-order valence-electron chi connectivity index (χ3n) is 3.60. The summed E-state index contributed by atoms with van der Waals surface area (Å²) in [5, 5.41) is 8.38. The fraction of sp³-hybridized carbons (Fsp3) is 0.333. The molecule has 0 aliphatic rings. The summed E-state index contributed by atoms with van der Waals surface area (Å²) in [5.41, 5.74) is 0.879. The van der Waals surface area contributed by atoms with Gasteiger partial charge in [-0.2, -0.15) is 0 Å². The van der Waals surface area contributed by atoms with Gasteiger partial charge in [0, 0.05) is 7.11 Å². The van der Waals surface area contributed by atoms with E-state index < -0.39 is 5.97 Å². The van der Waals surface area contributed by atoms with Crippen LogP contribution in [0.3, 0.4) is 0 Å². The molecule has 6 nitrogen and oxygen atoms in total. The molecule has 0 aromatic heterocycles. The highest BCUT2D eigenvalue weighted by Gasteiger charge is 2.14. The summed E-state index contributed by atoms with van der Waals surface area (Å²) in [5.74, 6) is -1.21. The van der Waals surface area contributed by atoms with E-state index in [-0.39, 0.29) is 25.0 Å². The van der Waals surface area contributed by atoms with Crippen LogP contribution in [0.15, 0.2) is 60.7 Å². The van der Waals surface area contributed by atoms with Crippen molar-refractivity contribution in [3.05, 3.63) is 71.8 Å². The predicted octanol–water partition coefficient (Wildman–Crippen LogP) is 4.02. The van der Waals surface area contributed by atoms with Crippen LogP contribution in [0.25, 0.3) is 0 Å². The molecule has 6 heteroatoms. The zero-order valence-corrected chi connectivity index (χ0v) is 15.8. The molecule has 0 bridgehead atoms. The first-order valence-electron chi connectivity index (χ1n) is 8.66. The van der Waals surface area contributed by atoms with E-state index in [4.69, 9.17) is 19.3 Å². The maximum absolute atomic E-state index is 11.7. The first kappa shape index (κ1) is 22.3. The summed E-state index contributed by atoms with van der Waals surface area (Å²) in [4.78, 5) is 21.9. The molecule has 0 aliphatic heterocycles. The van der Waals surface area contributed by atoms with Crippen molar-refractivity contribution in [1.29, 1.82) is 0 Å². The summed E-state index contributed by atoms with van der Waals surface area (Å²) >= 11 is 0. The molecule has 2 unspecified atom stereocenters. The van der Waals surface area contributed by atoms with Crippen LogP contribution in [-0.2, 0) is 14.2 Å². The molecular weight excluding hydrogens is 348 g/mol. The second-order valence-electron chi connectivity index (χ2n) is 5.61. The molecule has 27 heavy (non-hydrogen) atoms. The van der Waals surface area contributed by atoms with Crippen molar-refractivity contribution in [2.75, 3.05) is 13.7 Å². The van der Waals surface area contributed by atoms with Gasteiger partial charge in [0.2, 0.25) is 0 Å². The molecule has 0 spiro atoms. The van der Waals surface area contributed by atoms with Crippen molar-refractivity contribution in [3.63, 3.8) is 0 Å². The Balaban J connectivity index is 0.000000337. The minimum atomic E-state index is -0.879. The molecular formula is C21H26O6. The number of hydrogen-bond donors (Lipinski definition) is 1. The van der Waals surface area contributed by atoms with Gasteiger partial charge in [0.1, 0.15) is 6.61 Å². The van der Waals surface area contributed by atoms with Crippen LogP contribution in [0.4, 0.5) is 0 Å². The van der Waals surface area contributed by atoms with Gasteiger partial charge in [-0.15, -0.1) is 0 Å². The summed E-state index contributed by atoms with van der Waals surface area (Å²) in [6.07, 6.45) is 0.313. The van der Waals surface area contributed by atoms with Crippen LogP contribution in [0.1, 0.15) is 41.0 Å². The van der Waals surface area contributed by atoms with Crippen LogP contribution in [0, 0.1) is 0 Å². The average Bonchev–Trinajstić information content (AvgIpc) is 2.72. The third kappa shape index (κ3) is 8.99. The number of carboxylic acid groups (broad SMARTS) is 1. The molecule has 0 saturated heterocycles. The van der Waals surface area contributed by atoms with E-state index in [1.54, 1.807) is 61.7 Å². The van der Waals surface area contributed by atoms with E-state index in [1.807, 2.05) is 19.9 Å². The molecule has 2 atom stereocenters. The summed E-state index contributed by atoms with van der Waals surface area (Å²) in [7, 11) is 1.58. The molecule has 0 amide bonds. The van der Waals surface area contributed by atoms with Gasteiger partial charge in [0.25, 0.3) is 0 Å². The summed E-state index contributed by atoms with van der Waals surface area (Å²) < 4.78 is 15.8. The lowest BCUT2D eigenvalue weighted by atomic mass is 10.2. The van der Waals surface area contributed by atoms with Gasteiger partial charge in [-0.05, 0) is 37.6 Å². The monoisotopic (exact) mass is 374 g/mol. The van der Waals surface area contributed by atoms with Gasteiger partial charge < -0.3 is 19.3 Å². The molecule has 0 radical (unpaired) electrons. The number of esters is 1. The van der Waals surface area contributed by atoms with E-state index in [9.17, 15) is 9.59 Å². The average molecular weight is 374 g/mol. The fourth-order valence-electron chi connectivity index (χ4n) is 1.99. The van der Waals surface area contributed by atoms with Crippen LogP contribution in [0.5, 0.6) is 0 Å². The van der Waals surface area contributed by atoms with E-state index in [0.29, 0.717) is 11.1 Å². The molecule has 2 rings (SSSR count). The number of hydrogen-bond acceptors (Lipinski definition) is 5. The number of carboxylic acids is 1. The van der Waals surface area contributed by atoms with Crippen LogP contribution in [-0.4, -0.2) is 43.2 Å². The quantitative estimate of drug-likeness (QED) is 0.555. The Hall–Kier alpha value is -2.70. The second kappa shape index (κ2) is 12.6. The fourth-order valence-corrected chi connectivity index (χ4v) is 1.99. The lowest BCUT2D eigenvalue weighted by molar-refractivity contribution is -0.154. The highest BCUT2D eigenvalue weighted by molar-refractivity contribution is 5.89. The Morgan fingerprint density at radius 3 is 1.89 bits per heavy atom. The molecule has 0 aliphatic carbocycles. The Kier molecular flexibility index (Phi) is 10.4. The number of aromatic carboxylic acids is 1. The number of ether oxygens (including phenoxy) is 3. The highest BCUT2D eigenvalue weighted by atomic mass is 16.7. The van der Waals surface area contributed by atoms with Crippen LogP contribution in [0.2, 0.25) is 0 Å². The minimum Gasteiger partial charge on any atom is -0.478 e. The largest absolute Gasteiger partial charge is 0.478 e. The molecule has 2 aromatic carbocycles. The lowest BCUT2D eigenvalue weighted by Crippen LogP contribution is -2.26. The van der Waals surface area contributed by atoms with Crippen LogP contribution < -0.4 is 0 Å². The van der Waals surface area contributed by atoms with E-state index >= 15 is 0 Å². The van der Waals surface area contributed by atoms with Gasteiger partial charge in [-0.25, -0.2) is 9.59 Å². The molecule has 0 saturated carbocycles. The second-order valence-corrected chi connectivity index (χ2v) is 5.61. The minimum absolute atomic E-state index is 0.146. The maximum Gasteiger partial charge on any atom is 0.338 e. The third-order valence-corrected chi connectivity index (χ3v) is 3.60. The molecule has 0 fully saturated rings. The number of carbonyl (C=O) groups is 2. The van der Waals surface area contributed by atoms with E-state index in [2.05, 4.69) is 0 Å². The molecule has 0 heterocycles. The zero-order valence-electron chi connectivity index (χ0n) is 15.8. The Morgan fingerprint density at radius 1 is 0.963 bits per heavy atom. The maximum atomic E-state index is 11.7. The normalized spacial score (nSPS) is 12.3. The number of benzene rings is 2. The molecule has 2 aromatic rings.